The molecule has 0 bridgehead atoms. The maximum absolute atomic E-state index is 10.8. The first-order valence-corrected chi connectivity index (χ1v) is 4.48. The highest BCUT2D eigenvalue weighted by atomic mass is 16.5. The van der Waals surface area contributed by atoms with Crippen LogP contribution in [0.15, 0.2) is 41.1 Å². The lowest BCUT2D eigenvalue weighted by Crippen LogP contribution is -2.05. The van der Waals surface area contributed by atoms with Crippen molar-refractivity contribution in [3.63, 3.8) is 0 Å². The molecule has 0 fully saturated rings. The lowest BCUT2D eigenvalue weighted by molar-refractivity contribution is -0.117. The van der Waals surface area contributed by atoms with Gasteiger partial charge in [-0.3, -0.25) is 4.79 Å². The van der Waals surface area contributed by atoms with Crippen molar-refractivity contribution in [3.8, 4) is 11.5 Å². The number of hydrogen-bond donors (Lipinski definition) is 1. The van der Waals surface area contributed by atoms with Crippen LogP contribution in [0.25, 0.3) is 0 Å². The van der Waals surface area contributed by atoms with Crippen LogP contribution in [-0.2, 0) is 4.79 Å². The summed E-state index contributed by atoms with van der Waals surface area (Å²) >= 11 is 0. The first-order chi connectivity index (χ1) is 7.25. The highest BCUT2D eigenvalue weighted by Gasteiger charge is 2.08. The van der Waals surface area contributed by atoms with Gasteiger partial charge in [-0.15, -0.1) is 0 Å². The first-order valence-electron chi connectivity index (χ1n) is 4.48. The Morgan fingerprint density at radius 1 is 1.33 bits per heavy atom. The predicted molar refractivity (Wildman–Crippen MR) is 54.9 cm³/mol. The average molecular weight is 203 g/mol. The van der Waals surface area contributed by atoms with E-state index in [0.29, 0.717) is 11.5 Å². The SMILES string of the molecule is O=C1CC=C(Oc2ccccc2O)C=N1. The smallest absolute Gasteiger partial charge is 0.249 e. The van der Waals surface area contributed by atoms with Crippen LogP contribution in [0, 0.1) is 0 Å². The summed E-state index contributed by atoms with van der Waals surface area (Å²) in [6.45, 7) is 0. The molecule has 1 aliphatic heterocycles. The standard InChI is InChI=1S/C11H9NO3/c13-9-3-1-2-4-10(9)15-8-5-6-11(14)12-7-8/h1-5,7,13H,6H2. The summed E-state index contributed by atoms with van der Waals surface area (Å²) in [4.78, 5) is 14.4. The van der Waals surface area contributed by atoms with Gasteiger partial charge in [0.05, 0.1) is 12.6 Å². The summed E-state index contributed by atoms with van der Waals surface area (Å²) in [7, 11) is 0. The number of allylic oxidation sites excluding steroid dienone is 1. The highest BCUT2D eigenvalue weighted by Crippen LogP contribution is 2.26. The minimum atomic E-state index is -0.195. The Kier molecular flexibility index (Phi) is 2.49. The number of nitrogens with zero attached hydrogens (tertiary/aromatic N) is 1. The minimum Gasteiger partial charge on any atom is -0.504 e. The number of rotatable bonds is 2. The molecule has 0 saturated heterocycles. The Bertz CT molecular complexity index is 449. The Balaban J connectivity index is 2.14. The highest BCUT2D eigenvalue weighted by molar-refractivity contribution is 5.94. The van der Waals surface area contributed by atoms with Crippen LogP contribution in [0.3, 0.4) is 0 Å². The van der Waals surface area contributed by atoms with Gasteiger partial charge in [0.15, 0.2) is 11.5 Å². The summed E-state index contributed by atoms with van der Waals surface area (Å²) in [5.41, 5.74) is 0. The molecule has 0 spiro atoms. The van der Waals surface area contributed by atoms with Crippen molar-refractivity contribution in [1.29, 1.82) is 0 Å². The van der Waals surface area contributed by atoms with Gasteiger partial charge in [-0.05, 0) is 18.2 Å². The van der Waals surface area contributed by atoms with Crippen molar-refractivity contribution in [1.82, 2.24) is 0 Å². The van der Waals surface area contributed by atoms with Crippen LogP contribution in [-0.4, -0.2) is 17.2 Å². The van der Waals surface area contributed by atoms with Crippen molar-refractivity contribution in [3.05, 3.63) is 36.1 Å². The van der Waals surface area contributed by atoms with Crippen LogP contribution < -0.4 is 4.74 Å². The average Bonchev–Trinajstić information content (AvgIpc) is 2.25. The molecule has 1 aliphatic rings. The molecular formula is C11H9NO3. The molecule has 0 aromatic heterocycles. The number of ether oxygens (including phenoxy) is 1. The molecule has 1 N–H and O–H groups in total. The van der Waals surface area contributed by atoms with Crippen molar-refractivity contribution in [2.45, 2.75) is 6.42 Å². The van der Waals surface area contributed by atoms with Gasteiger partial charge < -0.3 is 9.84 Å². The zero-order valence-electron chi connectivity index (χ0n) is 7.88. The lowest BCUT2D eigenvalue weighted by Gasteiger charge is -2.09. The number of amides is 1. The Morgan fingerprint density at radius 3 is 2.80 bits per heavy atom. The molecule has 1 aromatic rings. The molecule has 1 amide bonds. The van der Waals surface area contributed by atoms with Crippen LogP contribution in [0.5, 0.6) is 11.5 Å². The third kappa shape index (κ3) is 2.22. The molecule has 0 aliphatic carbocycles. The molecule has 4 nitrogen and oxygen atoms in total. The number of dihydropyridines is 1. The summed E-state index contributed by atoms with van der Waals surface area (Å²) in [5.74, 6) is 0.684. The second kappa shape index (κ2) is 3.96. The van der Waals surface area contributed by atoms with Gasteiger partial charge in [0, 0.05) is 0 Å². The second-order valence-electron chi connectivity index (χ2n) is 3.03. The zero-order chi connectivity index (χ0) is 10.7. The van der Waals surface area contributed by atoms with Gasteiger partial charge in [-0.25, -0.2) is 4.99 Å². The molecular weight excluding hydrogens is 194 g/mol. The molecule has 2 rings (SSSR count). The van der Waals surface area contributed by atoms with E-state index >= 15 is 0 Å². The third-order valence-corrected chi connectivity index (χ3v) is 1.91. The minimum absolute atomic E-state index is 0.0590. The van der Waals surface area contributed by atoms with Gasteiger partial charge in [0.25, 0.3) is 0 Å². The van der Waals surface area contributed by atoms with Crippen LogP contribution in [0.2, 0.25) is 0 Å². The Hall–Kier alpha value is -2.10. The molecule has 0 unspecified atom stereocenters. The first kappa shape index (κ1) is 9.45. The number of carbonyl (C=O) groups excluding carboxylic acids is 1. The quantitative estimate of drug-likeness (QED) is 0.795. The van der Waals surface area contributed by atoms with Crippen LogP contribution in [0.1, 0.15) is 6.42 Å². The largest absolute Gasteiger partial charge is 0.504 e. The van der Waals surface area contributed by atoms with Gasteiger partial charge in [0.1, 0.15) is 5.76 Å². The molecule has 1 aromatic carbocycles. The Labute approximate surface area is 86.5 Å². The van der Waals surface area contributed by atoms with Crippen molar-refractivity contribution >= 4 is 12.1 Å². The Morgan fingerprint density at radius 2 is 2.13 bits per heavy atom. The molecule has 0 atom stereocenters. The maximum Gasteiger partial charge on any atom is 0.249 e. The number of phenols is 1. The fraction of sp³-hybridized carbons (Fsp3) is 0.0909. The van der Waals surface area contributed by atoms with Crippen molar-refractivity contribution in [2.75, 3.05) is 0 Å². The van der Waals surface area contributed by atoms with Gasteiger partial charge in [0.2, 0.25) is 5.91 Å². The number of benzene rings is 1. The van der Waals surface area contributed by atoms with E-state index < -0.39 is 0 Å². The fourth-order valence-corrected chi connectivity index (χ4v) is 1.17. The van der Waals surface area contributed by atoms with Crippen molar-refractivity contribution in [2.24, 2.45) is 4.99 Å². The van der Waals surface area contributed by atoms with E-state index in [4.69, 9.17) is 4.74 Å². The number of aromatic hydroxyl groups is 1. The van der Waals surface area contributed by atoms with E-state index in [0.717, 1.165) is 0 Å². The molecule has 1 heterocycles. The fourth-order valence-electron chi connectivity index (χ4n) is 1.17. The molecule has 0 saturated carbocycles. The number of para-hydroxylation sites is 2. The van der Waals surface area contributed by atoms with Crippen LogP contribution in [0.4, 0.5) is 0 Å². The van der Waals surface area contributed by atoms with Gasteiger partial charge in [-0.1, -0.05) is 12.1 Å². The monoisotopic (exact) mass is 203 g/mol. The van der Waals surface area contributed by atoms with E-state index in [1.165, 1.54) is 12.3 Å². The molecule has 15 heavy (non-hydrogen) atoms. The van der Waals surface area contributed by atoms with E-state index in [2.05, 4.69) is 4.99 Å². The zero-order valence-corrected chi connectivity index (χ0v) is 7.88. The number of hydrogen-bond acceptors (Lipinski definition) is 3. The van der Waals surface area contributed by atoms with E-state index in [-0.39, 0.29) is 18.1 Å². The van der Waals surface area contributed by atoms with E-state index in [9.17, 15) is 9.90 Å². The third-order valence-electron chi connectivity index (χ3n) is 1.91. The topological polar surface area (TPSA) is 58.9 Å². The van der Waals surface area contributed by atoms with Gasteiger partial charge >= 0.3 is 0 Å². The summed E-state index contributed by atoms with van der Waals surface area (Å²) in [6.07, 6.45) is 3.21. The predicted octanol–water partition coefficient (Wildman–Crippen LogP) is 1.66. The number of aliphatic imine (C=N–C) groups is 1. The van der Waals surface area contributed by atoms with Crippen molar-refractivity contribution < 1.29 is 14.6 Å². The summed E-state index contributed by atoms with van der Waals surface area (Å²) < 4.78 is 5.34. The summed E-state index contributed by atoms with van der Waals surface area (Å²) in [6, 6.07) is 6.62. The number of carbonyl (C=O) groups is 1. The van der Waals surface area contributed by atoms with Crippen LogP contribution >= 0.6 is 0 Å². The lowest BCUT2D eigenvalue weighted by atomic mass is 10.3. The van der Waals surface area contributed by atoms with E-state index in [1.54, 1.807) is 24.3 Å². The molecule has 4 heteroatoms. The van der Waals surface area contributed by atoms with E-state index in [1.807, 2.05) is 0 Å². The number of phenolic OH excluding ortho intramolecular Hbond substituents is 1. The maximum atomic E-state index is 10.8. The van der Waals surface area contributed by atoms with Gasteiger partial charge in [-0.2, -0.15) is 0 Å². The summed E-state index contributed by atoms with van der Waals surface area (Å²) in [5, 5.41) is 9.43. The normalized spacial score (nSPS) is 14.9. The second-order valence-corrected chi connectivity index (χ2v) is 3.03. The molecule has 76 valence electrons. The molecule has 0 radical (unpaired) electrons.